The van der Waals surface area contributed by atoms with E-state index in [0.29, 0.717) is 5.75 Å². The Morgan fingerprint density at radius 3 is 2.55 bits per heavy atom. The molecule has 1 N–H and O–H groups in total. The third kappa shape index (κ3) is 3.55. The highest BCUT2D eigenvalue weighted by Crippen LogP contribution is 2.29. The molecule has 2 aromatic rings. The van der Waals surface area contributed by atoms with E-state index in [1.54, 1.807) is 31.5 Å². The molecule has 118 valence electrons. The molecule has 0 radical (unpaired) electrons. The van der Waals surface area contributed by atoms with E-state index in [1.807, 2.05) is 6.07 Å². The standard InChI is InChI=1S/C15H18N2O4S/c1-11(12-5-4-8-16-10-12)17-22(18,19)15-7-6-13(20-2)9-14(15)21-3/h4-11,17H,1-3H3. The van der Waals surface area contributed by atoms with Crippen LogP contribution in [0.1, 0.15) is 18.5 Å². The largest absolute Gasteiger partial charge is 0.497 e. The number of methoxy groups -OCH3 is 2. The van der Waals surface area contributed by atoms with Crippen LogP contribution in [0.15, 0.2) is 47.6 Å². The van der Waals surface area contributed by atoms with E-state index in [4.69, 9.17) is 9.47 Å². The Kier molecular flexibility index (Phi) is 4.99. The molecule has 0 aliphatic heterocycles. The first-order valence-corrected chi connectivity index (χ1v) is 8.10. The van der Waals surface area contributed by atoms with E-state index >= 15 is 0 Å². The number of sulfonamides is 1. The van der Waals surface area contributed by atoms with Gasteiger partial charge in [0.15, 0.2) is 0 Å². The van der Waals surface area contributed by atoms with Crippen molar-refractivity contribution in [1.82, 2.24) is 9.71 Å². The molecule has 0 fully saturated rings. The molecule has 0 aliphatic carbocycles. The average molecular weight is 322 g/mol. The normalized spacial score (nSPS) is 12.7. The third-order valence-electron chi connectivity index (χ3n) is 3.18. The fourth-order valence-corrected chi connectivity index (χ4v) is 3.38. The van der Waals surface area contributed by atoms with Gasteiger partial charge in [-0.1, -0.05) is 6.07 Å². The molecule has 0 bridgehead atoms. The summed E-state index contributed by atoms with van der Waals surface area (Å²) >= 11 is 0. The number of hydrogen-bond donors (Lipinski definition) is 1. The molecule has 1 heterocycles. The highest BCUT2D eigenvalue weighted by Gasteiger charge is 2.23. The van der Waals surface area contributed by atoms with Gasteiger partial charge in [-0.2, -0.15) is 0 Å². The fraction of sp³-hybridized carbons (Fsp3) is 0.267. The van der Waals surface area contributed by atoms with Crippen LogP contribution in [0, 0.1) is 0 Å². The van der Waals surface area contributed by atoms with E-state index in [0.717, 1.165) is 5.56 Å². The van der Waals surface area contributed by atoms with E-state index in [-0.39, 0.29) is 10.6 Å². The van der Waals surface area contributed by atoms with Crippen molar-refractivity contribution in [2.45, 2.75) is 17.9 Å². The van der Waals surface area contributed by atoms with Crippen molar-refractivity contribution in [1.29, 1.82) is 0 Å². The Labute approximate surface area is 130 Å². The monoisotopic (exact) mass is 322 g/mol. The summed E-state index contributed by atoms with van der Waals surface area (Å²) in [6, 6.07) is 7.72. The number of nitrogens with zero attached hydrogens (tertiary/aromatic N) is 1. The second-order valence-electron chi connectivity index (χ2n) is 4.65. The molecule has 1 aromatic carbocycles. The van der Waals surface area contributed by atoms with Crippen LogP contribution in [-0.2, 0) is 10.0 Å². The van der Waals surface area contributed by atoms with Crippen LogP contribution < -0.4 is 14.2 Å². The van der Waals surface area contributed by atoms with E-state index in [9.17, 15) is 8.42 Å². The zero-order valence-electron chi connectivity index (χ0n) is 12.6. The smallest absolute Gasteiger partial charge is 0.244 e. The highest BCUT2D eigenvalue weighted by atomic mass is 32.2. The van der Waals surface area contributed by atoms with Gasteiger partial charge in [0.2, 0.25) is 10.0 Å². The molecule has 1 aromatic heterocycles. The zero-order valence-corrected chi connectivity index (χ0v) is 13.4. The summed E-state index contributed by atoms with van der Waals surface area (Å²) in [7, 11) is -0.813. The Hall–Kier alpha value is -2.12. The molecule has 7 heteroatoms. The van der Waals surface area contributed by atoms with Crippen LogP contribution in [0.2, 0.25) is 0 Å². The van der Waals surface area contributed by atoms with Crippen molar-refractivity contribution in [2.75, 3.05) is 14.2 Å². The minimum atomic E-state index is -3.73. The first-order chi connectivity index (χ1) is 10.5. The van der Waals surface area contributed by atoms with Crippen LogP contribution in [0.5, 0.6) is 11.5 Å². The second kappa shape index (κ2) is 6.76. The summed E-state index contributed by atoms with van der Waals surface area (Å²) in [5.41, 5.74) is 0.776. The summed E-state index contributed by atoms with van der Waals surface area (Å²) in [6.07, 6.45) is 3.26. The van der Waals surface area contributed by atoms with E-state index < -0.39 is 16.1 Å². The molecule has 0 aliphatic rings. The minimum absolute atomic E-state index is 0.0616. The van der Waals surface area contributed by atoms with Gasteiger partial charge < -0.3 is 9.47 Å². The molecule has 0 spiro atoms. The molecule has 2 rings (SSSR count). The number of pyridine rings is 1. The first kappa shape index (κ1) is 16.3. The van der Waals surface area contributed by atoms with Gasteiger partial charge in [0, 0.05) is 24.5 Å². The van der Waals surface area contributed by atoms with Gasteiger partial charge in [0.05, 0.1) is 14.2 Å². The number of nitrogens with one attached hydrogen (secondary N) is 1. The van der Waals surface area contributed by atoms with Crippen molar-refractivity contribution >= 4 is 10.0 Å². The topological polar surface area (TPSA) is 77.5 Å². The SMILES string of the molecule is COc1ccc(S(=O)(=O)NC(C)c2cccnc2)c(OC)c1. The Morgan fingerprint density at radius 1 is 1.18 bits per heavy atom. The van der Waals surface area contributed by atoms with Gasteiger partial charge in [-0.05, 0) is 30.7 Å². The molecule has 0 saturated carbocycles. The summed E-state index contributed by atoms with van der Waals surface area (Å²) in [5.74, 6) is 0.751. The molecular formula is C15H18N2O4S. The molecule has 1 atom stereocenters. The predicted molar refractivity (Wildman–Crippen MR) is 82.5 cm³/mol. The molecule has 0 amide bonds. The number of ether oxygens (including phenoxy) is 2. The van der Waals surface area contributed by atoms with Crippen LogP contribution in [-0.4, -0.2) is 27.6 Å². The highest BCUT2D eigenvalue weighted by molar-refractivity contribution is 7.89. The number of benzene rings is 1. The summed E-state index contributed by atoms with van der Waals surface area (Å²) in [6.45, 7) is 1.75. The third-order valence-corrected chi connectivity index (χ3v) is 4.76. The number of aromatic nitrogens is 1. The van der Waals surface area contributed by atoms with E-state index in [1.165, 1.54) is 26.4 Å². The predicted octanol–water partition coefficient (Wildman–Crippen LogP) is 2.14. The second-order valence-corrected chi connectivity index (χ2v) is 6.33. The van der Waals surface area contributed by atoms with Crippen molar-refractivity contribution in [3.63, 3.8) is 0 Å². The summed E-state index contributed by atoms with van der Waals surface area (Å²) in [4.78, 5) is 4.05. The van der Waals surface area contributed by atoms with E-state index in [2.05, 4.69) is 9.71 Å². The first-order valence-electron chi connectivity index (χ1n) is 6.62. The Bertz CT molecular complexity index is 732. The van der Waals surface area contributed by atoms with Gasteiger partial charge in [0.1, 0.15) is 16.4 Å². The molecule has 0 saturated heterocycles. The lowest BCUT2D eigenvalue weighted by Gasteiger charge is -2.16. The number of hydrogen-bond acceptors (Lipinski definition) is 5. The van der Waals surface area contributed by atoms with Gasteiger partial charge in [-0.3, -0.25) is 4.98 Å². The van der Waals surface area contributed by atoms with Crippen molar-refractivity contribution in [2.24, 2.45) is 0 Å². The van der Waals surface area contributed by atoms with Crippen molar-refractivity contribution in [3.05, 3.63) is 48.3 Å². The average Bonchev–Trinajstić information content (AvgIpc) is 2.54. The van der Waals surface area contributed by atoms with Crippen LogP contribution >= 0.6 is 0 Å². The maximum atomic E-state index is 12.5. The van der Waals surface area contributed by atoms with Gasteiger partial charge in [0.25, 0.3) is 0 Å². The fourth-order valence-electron chi connectivity index (χ4n) is 1.99. The zero-order chi connectivity index (χ0) is 16.2. The summed E-state index contributed by atoms with van der Waals surface area (Å²) < 4.78 is 37.9. The van der Waals surface area contributed by atoms with Crippen molar-refractivity contribution < 1.29 is 17.9 Å². The summed E-state index contributed by atoms with van der Waals surface area (Å²) in [5, 5.41) is 0. The maximum absolute atomic E-state index is 12.5. The molecule has 1 unspecified atom stereocenters. The van der Waals surface area contributed by atoms with Crippen LogP contribution in [0.25, 0.3) is 0 Å². The maximum Gasteiger partial charge on any atom is 0.244 e. The molecular weight excluding hydrogens is 304 g/mol. The van der Waals surface area contributed by atoms with Gasteiger partial charge in [-0.25, -0.2) is 13.1 Å². The lowest BCUT2D eigenvalue weighted by Crippen LogP contribution is -2.27. The van der Waals surface area contributed by atoms with Crippen LogP contribution in [0.3, 0.4) is 0 Å². The van der Waals surface area contributed by atoms with Gasteiger partial charge in [-0.15, -0.1) is 0 Å². The minimum Gasteiger partial charge on any atom is -0.497 e. The Balaban J connectivity index is 2.31. The van der Waals surface area contributed by atoms with Crippen molar-refractivity contribution in [3.8, 4) is 11.5 Å². The number of rotatable bonds is 6. The van der Waals surface area contributed by atoms with Crippen LogP contribution in [0.4, 0.5) is 0 Å². The lowest BCUT2D eigenvalue weighted by molar-refractivity contribution is 0.385. The lowest BCUT2D eigenvalue weighted by atomic mass is 10.2. The molecule has 22 heavy (non-hydrogen) atoms. The molecule has 6 nitrogen and oxygen atoms in total. The quantitative estimate of drug-likeness (QED) is 0.881. The van der Waals surface area contributed by atoms with Gasteiger partial charge >= 0.3 is 0 Å². The Morgan fingerprint density at radius 2 is 1.95 bits per heavy atom.